The molecule has 2 aromatic rings. The van der Waals surface area contributed by atoms with E-state index in [2.05, 4.69) is 15.8 Å². The number of hydrogen-bond donors (Lipinski definition) is 2. The highest BCUT2D eigenvalue weighted by atomic mass is 32.2. The van der Waals surface area contributed by atoms with Crippen LogP contribution in [0.5, 0.6) is 0 Å². The maximum Gasteiger partial charge on any atom is 0.251 e. The van der Waals surface area contributed by atoms with Crippen molar-refractivity contribution in [1.29, 1.82) is 0 Å². The summed E-state index contributed by atoms with van der Waals surface area (Å²) >= 11 is 0. The summed E-state index contributed by atoms with van der Waals surface area (Å²) in [6, 6.07) is 7.12. The molecule has 0 aliphatic rings. The Morgan fingerprint density at radius 3 is 2.30 bits per heavy atom. The van der Waals surface area contributed by atoms with E-state index in [9.17, 15) is 18.0 Å². The van der Waals surface area contributed by atoms with Crippen molar-refractivity contribution in [3.63, 3.8) is 0 Å². The number of carbonyl (C=O) groups excluding carboxylic acids is 2. The third-order valence-corrected chi connectivity index (χ3v) is 5.83. The molecule has 0 saturated carbocycles. The van der Waals surface area contributed by atoms with Crippen LogP contribution in [0.25, 0.3) is 0 Å². The molecule has 0 atom stereocenters. The molecule has 1 aromatic heterocycles. The highest BCUT2D eigenvalue weighted by Gasteiger charge is 2.21. The molecule has 2 N–H and O–H groups in total. The zero-order valence-electron chi connectivity index (χ0n) is 15.4. The fraction of sp³-hybridized carbons (Fsp3) is 0.353. The summed E-state index contributed by atoms with van der Waals surface area (Å²) in [6.07, 6.45) is 0. The molecule has 0 spiro atoms. The summed E-state index contributed by atoms with van der Waals surface area (Å²) in [4.78, 5) is 24.0. The molecule has 0 aliphatic heterocycles. The summed E-state index contributed by atoms with van der Waals surface area (Å²) in [7, 11) is -3.58. The van der Waals surface area contributed by atoms with E-state index in [4.69, 9.17) is 4.52 Å². The molecule has 0 radical (unpaired) electrons. The Balaban J connectivity index is 1.96. The average molecular weight is 394 g/mol. The zero-order valence-corrected chi connectivity index (χ0v) is 16.2. The highest BCUT2D eigenvalue weighted by molar-refractivity contribution is 7.89. The first-order chi connectivity index (χ1) is 12.8. The van der Waals surface area contributed by atoms with E-state index in [0.29, 0.717) is 18.8 Å². The topological polar surface area (TPSA) is 122 Å². The largest absolute Gasteiger partial charge is 0.360 e. The summed E-state index contributed by atoms with van der Waals surface area (Å²) in [5.74, 6) is -0.141. The highest BCUT2D eigenvalue weighted by Crippen LogP contribution is 2.16. The third kappa shape index (κ3) is 5.14. The number of rotatable bonds is 8. The van der Waals surface area contributed by atoms with E-state index in [1.807, 2.05) is 0 Å². The van der Waals surface area contributed by atoms with Crippen LogP contribution in [0, 0.1) is 6.92 Å². The molecule has 0 fully saturated rings. The van der Waals surface area contributed by atoms with Crippen LogP contribution in [0.1, 0.15) is 30.0 Å². The Morgan fingerprint density at radius 1 is 1.15 bits per heavy atom. The number of aryl methyl sites for hydroxylation is 1. The van der Waals surface area contributed by atoms with Gasteiger partial charge < -0.3 is 15.2 Å². The van der Waals surface area contributed by atoms with Crippen molar-refractivity contribution in [1.82, 2.24) is 14.8 Å². The number of benzene rings is 1. The lowest BCUT2D eigenvalue weighted by Gasteiger charge is -2.18. The van der Waals surface area contributed by atoms with Gasteiger partial charge in [0.15, 0.2) is 5.82 Å². The second kappa shape index (κ2) is 8.78. The van der Waals surface area contributed by atoms with Gasteiger partial charge in [-0.15, -0.1) is 0 Å². The minimum atomic E-state index is -3.58. The van der Waals surface area contributed by atoms with Crippen LogP contribution in [0.15, 0.2) is 39.8 Å². The van der Waals surface area contributed by atoms with Crippen LogP contribution in [-0.4, -0.2) is 49.3 Å². The van der Waals surface area contributed by atoms with E-state index in [1.165, 1.54) is 28.6 Å². The van der Waals surface area contributed by atoms with Gasteiger partial charge in [0.2, 0.25) is 15.9 Å². The van der Waals surface area contributed by atoms with E-state index in [-0.39, 0.29) is 22.8 Å². The summed E-state index contributed by atoms with van der Waals surface area (Å²) in [6.45, 7) is 5.67. The zero-order chi connectivity index (χ0) is 20.0. The van der Waals surface area contributed by atoms with Crippen LogP contribution >= 0.6 is 0 Å². The number of hydrogen-bond acceptors (Lipinski definition) is 6. The van der Waals surface area contributed by atoms with E-state index >= 15 is 0 Å². The molecule has 1 heterocycles. The predicted octanol–water partition coefficient (Wildman–Crippen LogP) is 1.38. The molecule has 0 saturated heterocycles. The van der Waals surface area contributed by atoms with Crippen molar-refractivity contribution in [3.8, 4) is 0 Å². The quantitative estimate of drug-likeness (QED) is 0.698. The van der Waals surface area contributed by atoms with Crippen molar-refractivity contribution < 1.29 is 22.5 Å². The Hall–Kier alpha value is -2.72. The molecule has 0 unspecified atom stereocenters. The van der Waals surface area contributed by atoms with E-state index < -0.39 is 21.8 Å². The van der Waals surface area contributed by atoms with Gasteiger partial charge in [-0.3, -0.25) is 9.59 Å². The Labute approximate surface area is 157 Å². The molecule has 0 bridgehead atoms. The summed E-state index contributed by atoms with van der Waals surface area (Å²) < 4.78 is 31.0. The smallest absolute Gasteiger partial charge is 0.251 e. The van der Waals surface area contributed by atoms with E-state index in [0.717, 1.165) is 0 Å². The molecule has 146 valence electrons. The van der Waals surface area contributed by atoms with Gasteiger partial charge in [-0.05, 0) is 31.2 Å². The van der Waals surface area contributed by atoms with Crippen LogP contribution in [0.2, 0.25) is 0 Å². The van der Waals surface area contributed by atoms with Crippen LogP contribution < -0.4 is 10.6 Å². The summed E-state index contributed by atoms with van der Waals surface area (Å²) in [5.41, 5.74) is 0.249. The number of carbonyl (C=O) groups is 2. The normalized spacial score (nSPS) is 11.4. The molecule has 9 nitrogen and oxygen atoms in total. The number of aromatic nitrogens is 1. The number of amides is 2. The molecule has 27 heavy (non-hydrogen) atoms. The molecule has 10 heteroatoms. The van der Waals surface area contributed by atoms with Crippen LogP contribution in [-0.2, 0) is 14.8 Å². The van der Waals surface area contributed by atoms with Crippen molar-refractivity contribution in [2.45, 2.75) is 25.7 Å². The lowest BCUT2D eigenvalue weighted by molar-refractivity contribution is -0.115. The Kier molecular flexibility index (Phi) is 6.70. The SMILES string of the molecule is CCN(CC)S(=O)(=O)c1ccc(C(=O)NCC(=O)Nc2cc(C)on2)cc1. The van der Waals surface area contributed by atoms with E-state index in [1.54, 1.807) is 26.8 Å². The first-order valence-corrected chi connectivity index (χ1v) is 9.83. The summed E-state index contributed by atoms with van der Waals surface area (Å²) in [5, 5.41) is 8.56. The number of nitrogens with one attached hydrogen (secondary N) is 2. The average Bonchev–Trinajstić information content (AvgIpc) is 3.05. The molecule has 2 amide bonds. The minimum absolute atomic E-state index is 0.113. The van der Waals surface area contributed by atoms with Gasteiger partial charge in [-0.2, -0.15) is 4.31 Å². The maximum atomic E-state index is 12.4. The van der Waals surface area contributed by atoms with Gasteiger partial charge in [-0.25, -0.2) is 8.42 Å². The molecular weight excluding hydrogens is 372 g/mol. The van der Waals surface area contributed by atoms with Crippen molar-refractivity contribution >= 4 is 27.7 Å². The number of nitrogens with zero attached hydrogens (tertiary/aromatic N) is 2. The van der Waals surface area contributed by atoms with Crippen molar-refractivity contribution in [2.75, 3.05) is 25.0 Å². The molecular formula is C17H22N4O5S. The van der Waals surface area contributed by atoms with Crippen LogP contribution in [0.3, 0.4) is 0 Å². The fourth-order valence-corrected chi connectivity index (χ4v) is 3.82. The van der Waals surface area contributed by atoms with Gasteiger partial charge in [-0.1, -0.05) is 19.0 Å². The standard InChI is InChI=1S/C17H22N4O5S/c1-4-21(5-2)27(24,25)14-8-6-13(7-9-14)17(23)18-11-16(22)19-15-10-12(3)26-20-15/h6-10H,4-5,11H2,1-3H3,(H,18,23)(H,19,20,22). The maximum absolute atomic E-state index is 12.4. The second-order valence-electron chi connectivity index (χ2n) is 5.67. The lowest BCUT2D eigenvalue weighted by atomic mass is 10.2. The van der Waals surface area contributed by atoms with Gasteiger partial charge >= 0.3 is 0 Å². The monoisotopic (exact) mass is 394 g/mol. The second-order valence-corrected chi connectivity index (χ2v) is 7.61. The van der Waals surface area contributed by atoms with Crippen LogP contribution in [0.4, 0.5) is 5.82 Å². The first-order valence-electron chi connectivity index (χ1n) is 8.39. The predicted molar refractivity (Wildman–Crippen MR) is 98.8 cm³/mol. The van der Waals surface area contributed by atoms with Gasteiger partial charge in [0.05, 0.1) is 11.4 Å². The Morgan fingerprint density at radius 2 is 1.78 bits per heavy atom. The van der Waals surface area contributed by atoms with Gasteiger partial charge in [0.1, 0.15) is 5.76 Å². The number of anilines is 1. The molecule has 2 rings (SSSR count). The number of sulfonamides is 1. The fourth-order valence-electron chi connectivity index (χ4n) is 2.37. The van der Waals surface area contributed by atoms with Gasteiger partial charge in [0, 0.05) is 24.7 Å². The van der Waals surface area contributed by atoms with Gasteiger partial charge in [0.25, 0.3) is 5.91 Å². The lowest BCUT2D eigenvalue weighted by Crippen LogP contribution is -2.33. The third-order valence-electron chi connectivity index (χ3n) is 3.76. The Bertz CT molecular complexity index is 902. The first kappa shape index (κ1) is 20.6. The van der Waals surface area contributed by atoms with Crippen molar-refractivity contribution in [3.05, 3.63) is 41.7 Å². The molecule has 0 aliphatic carbocycles. The molecule has 1 aromatic carbocycles. The van der Waals surface area contributed by atoms with Crippen molar-refractivity contribution in [2.24, 2.45) is 0 Å². The minimum Gasteiger partial charge on any atom is -0.360 e.